The fraction of sp³-hybridized carbons (Fsp3) is 0.600. The number of oxime groups is 1. The van der Waals surface area contributed by atoms with Gasteiger partial charge in [-0.15, -0.1) is 0 Å². The molecule has 1 aromatic heterocycles. The minimum Gasteiger partial charge on any atom is -0.409 e. The van der Waals surface area contributed by atoms with E-state index in [1.807, 2.05) is 23.9 Å². The lowest BCUT2D eigenvalue weighted by Gasteiger charge is -2.10. The van der Waals surface area contributed by atoms with E-state index in [1.165, 1.54) is 0 Å². The van der Waals surface area contributed by atoms with E-state index in [2.05, 4.69) is 15.6 Å². The normalized spacial score (nSPS) is 13.9. The van der Waals surface area contributed by atoms with Crippen molar-refractivity contribution >= 4 is 5.84 Å². The van der Waals surface area contributed by atoms with Crippen LogP contribution in [0.5, 0.6) is 0 Å². The Morgan fingerprint density at radius 3 is 3.12 bits per heavy atom. The van der Waals surface area contributed by atoms with Gasteiger partial charge in [0.15, 0.2) is 0 Å². The summed E-state index contributed by atoms with van der Waals surface area (Å²) in [5, 5.41) is 18.8. The van der Waals surface area contributed by atoms with Gasteiger partial charge >= 0.3 is 0 Å². The summed E-state index contributed by atoms with van der Waals surface area (Å²) >= 11 is 0. The number of nitrogens with two attached hydrogens (primary N) is 1. The second kappa shape index (κ2) is 6.84. The van der Waals surface area contributed by atoms with Gasteiger partial charge in [0, 0.05) is 31.4 Å². The molecule has 1 rings (SSSR count). The number of rotatable bonds is 7. The van der Waals surface area contributed by atoms with Gasteiger partial charge in [0.2, 0.25) is 0 Å². The Morgan fingerprint density at radius 2 is 2.50 bits per heavy atom. The molecule has 0 amide bonds. The van der Waals surface area contributed by atoms with Crippen LogP contribution in [0, 0.1) is 5.92 Å². The molecule has 6 nitrogen and oxygen atoms in total. The van der Waals surface area contributed by atoms with E-state index in [9.17, 15) is 0 Å². The molecule has 0 aromatic carbocycles. The zero-order valence-electron chi connectivity index (χ0n) is 9.50. The minimum atomic E-state index is 0.0507. The van der Waals surface area contributed by atoms with Crippen LogP contribution in [0.25, 0.3) is 0 Å². The molecule has 0 aliphatic heterocycles. The summed E-state index contributed by atoms with van der Waals surface area (Å²) in [7, 11) is 0. The third-order valence-electron chi connectivity index (χ3n) is 2.37. The van der Waals surface area contributed by atoms with Crippen molar-refractivity contribution in [3.05, 3.63) is 18.5 Å². The zero-order valence-corrected chi connectivity index (χ0v) is 9.50. The van der Waals surface area contributed by atoms with Crippen molar-refractivity contribution < 1.29 is 5.21 Å². The molecule has 4 N–H and O–H groups in total. The molecule has 0 bridgehead atoms. The Labute approximate surface area is 95.1 Å². The summed E-state index contributed by atoms with van der Waals surface area (Å²) in [6.07, 6.45) is 4.72. The SMILES string of the molecule is CC(CNCCCn1cccn1)/C(N)=N/O. The number of amidine groups is 1. The van der Waals surface area contributed by atoms with Crippen LogP contribution in [-0.4, -0.2) is 33.9 Å². The van der Waals surface area contributed by atoms with Crippen molar-refractivity contribution in [1.29, 1.82) is 0 Å². The van der Waals surface area contributed by atoms with Gasteiger partial charge in [-0.3, -0.25) is 4.68 Å². The van der Waals surface area contributed by atoms with E-state index in [0.717, 1.165) is 26.1 Å². The van der Waals surface area contributed by atoms with Gasteiger partial charge in [-0.05, 0) is 19.0 Å². The molecule has 6 heteroatoms. The van der Waals surface area contributed by atoms with Gasteiger partial charge in [-0.25, -0.2) is 0 Å². The number of hydrogen-bond acceptors (Lipinski definition) is 4. The molecule has 1 heterocycles. The van der Waals surface area contributed by atoms with Crippen molar-refractivity contribution in [1.82, 2.24) is 15.1 Å². The first-order valence-electron chi connectivity index (χ1n) is 5.39. The molecule has 1 aromatic rings. The molecular formula is C10H19N5O. The molecule has 1 atom stereocenters. The van der Waals surface area contributed by atoms with Crippen LogP contribution in [0.1, 0.15) is 13.3 Å². The van der Waals surface area contributed by atoms with Crippen LogP contribution in [0.2, 0.25) is 0 Å². The van der Waals surface area contributed by atoms with Crippen LogP contribution in [0.3, 0.4) is 0 Å². The molecule has 0 radical (unpaired) electrons. The fourth-order valence-corrected chi connectivity index (χ4v) is 1.32. The predicted octanol–water partition coefficient (Wildman–Crippen LogP) is 0.245. The molecule has 1 unspecified atom stereocenters. The van der Waals surface area contributed by atoms with Crippen molar-refractivity contribution in [3.63, 3.8) is 0 Å². The number of hydrogen-bond donors (Lipinski definition) is 3. The van der Waals surface area contributed by atoms with E-state index >= 15 is 0 Å². The molecule has 0 spiro atoms. The van der Waals surface area contributed by atoms with Gasteiger partial charge in [0.05, 0.1) is 0 Å². The van der Waals surface area contributed by atoms with E-state index in [0.29, 0.717) is 0 Å². The van der Waals surface area contributed by atoms with Crippen molar-refractivity contribution in [2.75, 3.05) is 13.1 Å². The molecule has 16 heavy (non-hydrogen) atoms. The van der Waals surface area contributed by atoms with Gasteiger partial charge in [-0.2, -0.15) is 5.10 Å². The highest BCUT2D eigenvalue weighted by molar-refractivity contribution is 5.82. The molecule has 0 aliphatic rings. The van der Waals surface area contributed by atoms with Gasteiger partial charge in [0.25, 0.3) is 0 Å². The third-order valence-corrected chi connectivity index (χ3v) is 2.37. The largest absolute Gasteiger partial charge is 0.409 e. The molecule has 0 aliphatic carbocycles. The highest BCUT2D eigenvalue weighted by Gasteiger charge is 2.05. The molecule has 0 saturated heterocycles. The van der Waals surface area contributed by atoms with Crippen LogP contribution in [-0.2, 0) is 6.54 Å². The zero-order chi connectivity index (χ0) is 11.8. The lowest BCUT2D eigenvalue weighted by Crippen LogP contribution is -2.32. The summed E-state index contributed by atoms with van der Waals surface area (Å²) in [6, 6.07) is 1.91. The monoisotopic (exact) mass is 225 g/mol. The molecular weight excluding hydrogens is 206 g/mol. The lowest BCUT2D eigenvalue weighted by molar-refractivity contribution is 0.314. The average molecular weight is 225 g/mol. The molecule has 0 fully saturated rings. The Balaban J connectivity index is 2.04. The highest BCUT2D eigenvalue weighted by Crippen LogP contribution is 1.93. The lowest BCUT2D eigenvalue weighted by atomic mass is 10.1. The maximum absolute atomic E-state index is 8.46. The summed E-state index contributed by atoms with van der Waals surface area (Å²) in [6.45, 7) is 4.42. The summed E-state index contributed by atoms with van der Waals surface area (Å²) in [5.41, 5.74) is 5.45. The number of nitrogens with one attached hydrogen (secondary N) is 1. The van der Waals surface area contributed by atoms with Gasteiger partial charge in [-0.1, -0.05) is 12.1 Å². The quantitative estimate of drug-likeness (QED) is 0.204. The van der Waals surface area contributed by atoms with Crippen LogP contribution < -0.4 is 11.1 Å². The minimum absolute atomic E-state index is 0.0507. The Bertz CT molecular complexity index is 309. The highest BCUT2D eigenvalue weighted by atomic mass is 16.4. The predicted molar refractivity (Wildman–Crippen MR) is 62.3 cm³/mol. The Morgan fingerprint density at radius 1 is 1.69 bits per heavy atom. The van der Waals surface area contributed by atoms with Crippen molar-refractivity contribution in [2.45, 2.75) is 19.9 Å². The van der Waals surface area contributed by atoms with Crippen LogP contribution >= 0.6 is 0 Å². The average Bonchev–Trinajstić information content (AvgIpc) is 2.80. The second-order valence-electron chi connectivity index (χ2n) is 3.75. The molecule has 90 valence electrons. The smallest absolute Gasteiger partial charge is 0.143 e. The summed E-state index contributed by atoms with van der Waals surface area (Å²) in [4.78, 5) is 0. The first-order chi connectivity index (χ1) is 7.74. The van der Waals surface area contributed by atoms with Crippen LogP contribution in [0.4, 0.5) is 0 Å². The second-order valence-corrected chi connectivity index (χ2v) is 3.75. The van der Waals surface area contributed by atoms with E-state index in [4.69, 9.17) is 10.9 Å². The first kappa shape index (κ1) is 12.5. The Kier molecular flexibility index (Phi) is 5.35. The Hall–Kier alpha value is -1.56. The standard InChI is InChI=1S/C10H19N5O/c1-9(10(11)14-16)8-12-4-2-6-15-7-3-5-13-15/h3,5,7,9,12,16H,2,4,6,8H2,1H3,(H2,11,14). The maximum Gasteiger partial charge on any atom is 0.143 e. The third kappa shape index (κ3) is 4.31. The van der Waals surface area contributed by atoms with Gasteiger partial charge < -0.3 is 16.3 Å². The number of nitrogens with zero attached hydrogens (tertiary/aromatic N) is 3. The van der Waals surface area contributed by atoms with Crippen LogP contribution in [0.15, 0.2) is 23.6 Å². The number of aromatic nitrogens is 2. The maximum atomic E-state index is 8.46. The van der Waals surface area contributed by atoms with E-state index < -0.39 is 0 Å². The van der Waals surface area contributed by atoms with E-state index in [1.54, 1.807) is 6.20 Å². The van der Waals surface area contributed by atoms with Crippen molar-refractivity contribution in [3.8, 4) is 0 Å². The number of aryl methyl sites for hydroxylation is 1. The topological polar surface area (TPSA) is 88.5 Å². The van der Waals surface area contributed by atoms with Crippen molar-refractivity contribution in [2.24, 2.45) is 16.8 Å². The first-order valence-corrected chi connectivity index (χ1v) is 5.39. The summed E-state index contributed by atoms with van der Waals surface area (Å²) in [5.74, 6) is 0.314. The van der Waals surface area contributed by atoms with Gasteiger partial charge in [0.1, 0.15) is 5.84 Å². The van der Waals surface area contributed by atoms with E-state index in [-0.39, 0.29) is 11.8 Å². The summed E-state index contributed by atoms with van der Waals surface area (Å²) < 4.78 is 1.90. The fourth-order valence-electron chi connectivity index (χ4n) is 1.32. The molecule has 0 saturated carbocycles.